The maximum atomic E-state index is 13.2. The summed E-state index contributed by atoms with van der Waals surface area (Å²) in [6, 6.07) is 0.971. The molecular formula is C10H10F3N. The minimum Gasteiger partial charge on any atom is -0.327 e. The van der Waals surface area contributed by atoms with Gasteiger partial charge in [-0.05, 0) is 36.5 Å². The Morgan fingerprint density at radius 3 is 2.64 bits per heavy atom. The zero-order valence-corrected chi connectivity index (χ0v) is 7.49. The first kappa shape index (κ1) is 9.52. The van der Waals surface area contributed by atoms with Crippen molar-refractivity contribution in [2.75, 3.05) is 0 Å². The standard InChI is InChI=1S/C10H10F3N/c11-8-4-5-3-6(14)1-2-7(5)9(12)10(8)13/h4,6H,1-3,14H2/t6-/m1/s1. The summed E-state index contributed by atoms with van der Waals surface area (Å²) in [5.74, 6) is -3.55. The summed E-state index contributed by atoms with van der Waals surface area (Å²) in [4.78, 5) is 0. The van der Waals surface area contributed by atoms with Crippen molar-refractivity contribution in [1.82, 2.24) is 0 Å². The van der Waals surface area contributed by atoms with Gasteiger partial charge < -0.3 is 5.73 Å². The number of benzene rings is 1. The molecule has 0 saturated heterocycles. The molecule has 0 amide bonds. The van der Waals surface area contributed by atoms with Gasteiger partial charge in [0.05, 0.1) is 0 Å². The van der Waals surface area contributed by atoms with Crippen LogP contribution in [0.1, 0.15) is 17.5 Å². The Kier molecular flexibility index (Phi) is 2.23. The van der Waals surface area contributed by atoms with Crippen molar-refractivity contribution >= 4 is 0 Å². The van der Waals surface area contributed by atoms with Gasteiger partial charge >= 0.3 is 0 Å². The molecule has 1 aromatic carbocycles. The summed E-state index contributed by atoms with van der Waals surface area (Å²) in [7, 11) is 0. The summed E-state index contributed by atoms with van der Waals surface area (Å²) in [6.45, 7) is 0. The van der Waals surface area contributed by atoms with Crippen molar-refractivity contribution in [2.24, 2.45) is 5.73 Å². The first-order valence-electron chi connectivity index (χ1n) is 4.50. The van der Waals surface area contributed by atoms with Crippen LogP contribution in [0, 0.1) is 17.5 Å². The highest BCUT2D eigenvalue weighted by Gasteiger charge is 2.23. The summed E-state index contributed by atoms with van der Waals surface area (Å²) in [5.41, 5.74) is 6.43. The quantitative estimate of drug-likeness (QED) is 0.637. The molecule has 0 saturated carbocycles. The van der Waals surface area contributed by atoms with E-state index in [2.05, 4.69) is 0 Å². The van der Waals surface area contributed by atoms with Gasteiger partial charge in [-0.1, -0.05) is 0 Å². The molecule has 0 aliphatic heterocycles. The molecule has 0 heterocycles. The van der Waals surface area contributed by atoms with E-state index in [1.54, 1.807) is 0 Å². The largest absolute Gasteiger partial charge is 0.327 e. The number of hydrogen-bond acceptors (Lipinski definition) is 1. The predicted octanol–water partition coefficient (Wildman–Crippen LogP) is 1.92. The van der Waals surface area contributed by atoms with Gasteiger partial charge in [-0.25, -0.2) is 13.2 Å². The van der Waals surface area contributed by atoms with Gasteiger partial charge in [0.15, 0.2) is 17.5 Å². The second-order valence-corrected chi connectivity index (χ2v) is 3.63. The van der Waals surface area contributed by atoms with Gasteiger partial charge in [0.1, 0.15) is 0 Å². The van der Waals surface area contributed by atoms with E-state index in [1.807, 2.05) is 0 Å². The van der Waals surface area contributed by atoms with E-state index in [4.69, 9.17) is 5.73 Å². The van der Waals surface area contributed by atoms with Gasteiger partial charge in [0.25, 0.3) is 0 Å². The maximum Gasteiger partial charge on any atom is 0.194 e. The van der Waals surface area contributed by atoms with Crippen molar-refractivity contribution in [3.8, 4) is 0 Å². The van der Waals surface area contributed by atoms with E-state index in [1.165, 1.54) is 0 Å². The topological polar surface area (TPSA) is 26.0 Å². The van der Waals surface area contributed by atoms with Crippen molar-refractivity contribution in [3.05, 3.63) is 34.6 Å². The lowest BCUT2D eigenvalue weighted by Crippen LogP contribution is -2.28. The Morgan fingerprint density at radius 1 is 1.21 bits per heavy atom. The fraction of sp³-hybridized carbons (Fsp3) is 0.400. The Balaban J connectivity index is 2.54. The van der Waals surface area contributed by atoms with E-state index < -0.39 is 17.5 Å². The molecule has 0 spiro atoms. The third kappa shape index (κ3) is 1.39. The van der Waals surface area contributed by atoms with Gasteiger partial charge in [-0.15, -0.1) is 0 Å². The van der Waals surface area contributed by atoms with Crippen LogP contribution in [0.4, 0.5) is 13.2 Å². The second kappa shape index (κ2) is 3.28. The van der Waals surface area contributed by atoms with Crippen molar-refractivity contribution in [2.45, 2.75) is 25.3 Å². The SMILES string of the molecule is N[C@@H]1CCc2c(cc(F)c(F)c2F)C1. The lowest BCUT2D eigenvalue weighted by Gasteiger charge is -2.21. The normalized spacial score (nSPS) is 20.7. The molecule has 0 radical (unpaired) electrons. The summed E-state index contributed by atoms with van der Waals surface area (Å²) >= 11 is 0. The third-order valence-corrected chi connectivity index (χ3v) is 2.60. The molecule has 1 aliphatic carbocycles. The van der Waals surface area contributed by atoms with Crippen molar-refractivity contribution < 1.29 is 13.2 Å². The zero-order chi connectivity index (χ0) is 10.3. The Labute approximate surface area is 79.7 Å². The lowest BCUT2D eigenvalue weighted by molar-refractivity contribution is 0.428. The van der Waals surface area contributed by atoms with Crippen LogP contribution in [-0.2, 0) is 12.8 Å². The van der Waals surface area contributed by atoms with Gasteiger partial charge in [0, 0.05) is 6.04 Å². The second-order valence-electron chi connectivity index (χ2n) is 3.63. The van der Waals surface area contributed by atoms with Crippen LogP contribution in [0.2, 0.25) is 0 Å². The molecular weight excluding hydrogens is 191 g/mol. The average molecular weight is 201 g/mol. The number of halogens is 3. The van der Waals surface area contributed by atoms with E-state index in [-0.39, 0.29) is 11.6 Å². The smallest absolute Gasteiger partial charge is 0.194 e. The summed E-state index contributed by atoms with van der Waals surface area (Å²) in [5, 5.41) is 0. The molecule has 1 aromatic rings. The van der Waals surface area contributed by atoms with E-state index >= 15 is 0 Å². The van der Waals surface area contributed by atoms with Crippen LogP contribution in [-0.4, -0.2) is 6.04 Å². The number of hydrogen-bond donors (Lipinski definition) is 1. The molecule has 2 N–H and O–H groups in total. The van der Waals surface area contributed by atoms with Crippen LogP contribution in [0.5, 0.6) is 0 Å². The van der Waals surface area contributed by atoms with Crippen molar-refractivity contribution in [1.29, 1.82) is 0 Å². The fourth-order valence-corrected chi connectivity index (χ4v) is 1.85. The van der Waals surface area contributed by atoms with Crippen LogP contribution < -0.4 is 5.73 Å². The van der Waals surface area contributed by atoms with E-state index in [0.717, 1.165) is 6.07 Å². The van der Waals surface area contributed by atoms with Crippen LogP contribution in [0.15, 0.2) is 6.07 Å². The molecule has 2 rings (SSSR count). The molecule has 0 fully saturated rings. The first-order chi connectivity index (χ1) is 6.59. The average Bonchev–Trinajstić information content (AvgIpc) is 2.14. The third-order valence-electron chi connectivity index (χ3n) is 2.60. The highest BCUT2D eigenvalue weighted by molar-refractivity contribution is 5.33. The molecule has 0 aromatic heterocycles. The minimum atomic E-state index is -1.38. The molecule has 0 bridgehead atoms. The van der Waals surface area contributed by atoms with E-state index in [9.17, 15) is 13.2 Å². The number of nitrogens with two attached hydrogens (primary N) is 1. The molecule has 4 heteroatoms. The van der Waals surface area contributed by atoms with Crippen LogP contribution in [0.3, 0.4) is 0 Å². The molecule has 1 nitrogen and oxygen atoms in total. The van der Waals surface area contributed by atoms with Crippen LogP contribution in [0.25, 0.3) is 0 Å². The maximum absolute atomic E-state index is 13.2. The Hall–Kier alpha value is -1.03. The molecule has 1 atom stereocenters. The molecule has 76 valence electrons. The predicted molar refractivity (Wildman–Crippen MR) is 46.3 cm³/mol. The molecule has 0 unspecified atom stereocenters. The monoisotopic (exact) mass is 201 g/mol. The fourth-order valence-electron chi connectivity index (χ4n) is 1.85. The Morgan fingerprint density at radius 2 is 1.93 bits per heavy atom. The van der Waals surface area contributed by atoms with Crippen LogP contribution >= 0.6 is 0 Å². The summed E-state index contributed by atoms with van der Waals surface area (Å²) in [6.07, 6.45) is 1.43. The highest BCUT2D eigenvalue weighted by Crippen LogP contribution is 2.26. The number of rotatable bonds is 0. The zero-order valence-electron chi connectivity index (χ0n) is 7.49. The highest BCUT2D eigenvalue weighted by atomic mass is 19.2. The van der Waals surface area contributed by atoms with E-state index in [0.29, 0.717) is 24.8 Å². The lowest BCUT2D eigenvalue weighted by atomic mass is 9.88. The van der Waals surface area contributed by atoms with Crippen molar-refractivity contribution in [3.63, 3.8) is 0 Å². The first-order valence-corrected chi connectivity index (χ1v) is 4.50. The minimum absolute atomic E-state index is 0.0771. The summed E-state index contributed by atoms with van der Waals surface area (Å²) < 4.78 is 38.9. The number of fused-ring (bicyclic) bond motifs is 1. The molecule has 1 aliphatic rings. The van der Waals surface area contributed by atoms with Gasteiger partial charge in [-0.2, -0.15) is 0 Å². The molecule has 14 heavy (non-hydrogen) atoms. The van der Waals surface area contributed by atoms with Gasteiger partial charge in [0.2, 0.25) is 0 Å². The van der Waals surface area contributed by atoms with Gasteiger partial charge in [-0.3, -0.25) is 0 Å². The Bertz CT molecular complexity index is 376.